The smallest absolute Gasteiger partial charge is 0.233 e. The molecule has 4 nitrogen and oxygen atoms in total. The van der Waals surface area contributed by atoms with Gasteiger partial charge in [0.15, 0.2) is 0 Å². The van der Waals surface area contributed by atoms with Crippen LogP contribution >= 0.6 is 11.8 Å². The van der Waals surface area contributed by atoms with Gasteiger partial charge in [-0.3, -0.25) is 4.79 Å². The molecule has 6 heteroatoms. The molecule has 0 saturated heterocycles. The number of carbonyl (C=O) groups excluding carboxylic acids is 1. The molecule has 2 aromatic carbocycles. The number of hydrogen-bond donors (Lipinski definition) is 0. The first kappa shape index (κ1) is 22.2. The van der Waals surface area contributed by atoms with Gasteiger partial charge in [0.1, 0.15) is 16.5 Å². The van der Waals surface area contributed by atoms with Gasteiger partial charge in [0.25, 0.3) is 0 Å². The average molecular weight is 426 g/mol. The van der Waals surface area contributed by atoms with Crippen LogP contribution in [0.5, 0.6) is 0 Å². The molecule has 1 amide bonds. The first-order valence-corrected chi connectivity index (χ1v) is 11.3. The van der Waals surface area contributed by atoms with Crippen LogP contribution in [0.2, 0.25) is 0 Å². The Hall–Kier alpha value is -2.47. The van der Waals surface area contributed by atoms with E-state index in [1.54, 1.807) is 12.1 Å². The van der Waals surface area contributed by atoms with Gasteiger partial charge in [-0.1, -0.05) is 63.7 Å². The molecular formula is C24H28FN3OS. The zero-order valence-electron chi connectivity index (χ0n) is 17.9. The zero-order valence-corrected chi connectivity index (χ0v) is 18.7. The summed E-state index contributed by atoms with van der Waals surface area (Å²) in [6, 6.07) is 14.1. The van der Waals surface area contributed by atoms with E-state index >= 15 is 0 Å². The minimum Gasteiger partial charge on any atom is -0.341 e. The van der Waals surface area contributed by atoms with E-state index in [0.29, 0.717) is 23.3 Å². The molecule has 0 N–H and O–H groups in total. The highest BCUT2D eigenvalue weighted by Gasteiger charge is 2.18. The van der Waals surface area contributed by atoms with Gasteiger partial charge in [0, 0.05) is 29.4 Å². The number of rotatable bonds is 8. The minimum atomic E-state index is -0.283. The fraction of sp³-hybridized carbons (Fsp3) is 0.375. The largest absolute Gasteiger partial charge is 0.341 e. The number of halogens is 1. The molecule has 0 unspecified atom stereocenters. The number of hydrogen-bond acceptors (Lipinski definition) is 4. The van der Waals surface area contributed by atoms with E-state index in [2.05, 4.69) is 37.9 Å². The lowest BCUT2D eigenvalue weighted by atomic mass is 10.1. The van der Waals surface area contributed by atoms with Crippen LogP contribution in [-0.4, -0.2) is 39.8 Å². The van der Waals surface area contributed by atoms with E-state index in [-0.39, 0.29) is 11.7 Å². The van der Waals surface area contributed by atoms with Crippen molar-refractivity contribution in [1.82, 2.24) is 15.1 Å². The number of fused-ring (bicyclic) bond motifs is 1. The molecule has 1 aromatic heterocycles. The van der Waals surface area contributed by atoms with E-state index in [1.165, 1.54) is 23.9 Å². The van der Waals surface area contributed by atoms with Crippen LogP contribution in [0.15, 0.2) is 53.6 Å². The Balaban J connectivity index is 1.84. The third kappa shape index (κ3) is 5.57. The van der Waals surface area contributed by atoms with E-state index in [1.807, 2.05) is 29.2 Å². The number of thioether (sulfide) groups is 1. The molecular weight excluding hydrogens is 397 g/mol. The van der Waals surface area contributed by atoms with Crippen LogP contribution in [-0.2, 0) is 4.79 Å². The number of aromatic nitrogens is 2. The number of nitrogens with zero attached hydrogens (tertiary/aromatic N) is 3. The van der Waals surface area contributed by atoms with Gasteiger partial charge in [0.05, 0.1) is 5.75 Å². The Morgan fingerprint density at radius 3 is 2.13 bits per heavy atom. The van der Waals surface area contributed by atoms with Crippen LogP contribution < -0.4 is 0 Å². The van der Waals surface area contributed by atoms with Gasteiger partial charge in [-0.2, -0.15) is 0 Å². The molecule has 0 spiro atoms. The van der Waals surface area contributed by atoms with Gasteiger partial charge in [0.2, 0.25) is 5.91 Å². The quantitative estimate of drug-likeness (QED) is 0.436. The molecule has 0 fully saturated rings. The summed E-state index contributed by atoms with van der Waals surface area (Å²) in [5, 5.41) is 11.4. The number of amides is 1. The number of carbonyl (C=O) groups is 1. The van der Waals surface area contributed by atoms with Crippen LogP contribution in [0.4, 0.5) is 4.39 Å². The van der Waals surface area contributed by atoms with Crippen molar-refractivity contribution in [1.29, 1.82) is 0 Å². The summed E-state index contributed by atoms with van der Waals surface area (Å²) in [4.78, 5) is 14.8. The topological polar surface area (TPSA) is 46.1 Å². The van der Waals surface area contributed by atoms with Crippen LogP contribution in [0.3, 0.4) is 0 Å². The Labute approximate surface area is 181 Å². The summed E-state index contributed by atoms with van der Waals surface area (Å²) in [7, 11) is 0. The summed E-state index contributed by atoms with van der Waals surface area (Å²) in [5.41, 5.74) is 1.52. The summed E-state index contributed by atoms with van der Waals surface area (Å²) in [6.45, 7) is 10.0. The summed E-state index contributed by atoms with van der Waals surface area (Å²) in [5.74, 6) is 1.01. The van der Waals surface area contributed by atoms with Gasteiger partial charge in [-0.15, -0.1) is 10.2 Å². The van der Waals surface area contributed by atoms with Crippen LogP contribution in [0.25, 0.3) is 22.0 Å². The SMILES string of the molecule is CC(C)CN(CC(C)C)C(=O)CSc1nnc(-c2ccc(F)cc2)c2ccccc12. The molecule has 0 atom stereocenters. The third-order valence-electron chi connectivity index (χ3n) is 4.63. The Morgan fingerprint density at radius 1 is 0.933 bits per heavy atom. The molecule has 0 aliphatic heterocycles. The molecule has 1 heterocycles. The first-order chi connectivity index (χ1) is 14.3. The summed E-state index contributed by atoms with van der Waals surface area (Å²) < 4.78 is 13.3. The average Bonchev–Trinajstić information content (AvgIpc) is 2.71. The second-order valence-electron chi connectivity index (χ2n) is 8.28. The van der Waals surface area contributed by atoms with E-state index < -0.39 is 0 Å². The monoisotopic (exact) mass is 425 g/mol. The fourth-order valence-electron chi connectivity index (χ4n) is 3.39. The van der Waals surface area contributed by atoms with Gasteiger partial charge in [-0.05, 0) is 36.1 Å². The van der Waals surface area contributed by atoms with Crippen molar-refractivity contribution in [2.24, 2.45) is 11.8 Å². The second-order valence-corrected chi connectivity index (χ2v) is 9.25. The van der Waals surface area contributed by atoms with Crippen LogP contribution in [0, 0.1) is 17.7 Å². The molecule has 0 bridgehead atoms. The van der Waals surface area contributed by atoms with Gasteiger partial charge in [-0.25, -0.2) is 4.39 Å². The molecule has 30 heavy (non-hydrogen) atoms. The molecule has 158 valence electrons. The maximum atomic E-state index is 13.3. The summed E-state index contributed by atoms with van der Waals surface area (Å²) in [6.07, 6.45) is 0. The van der Waals surface area contributed by atoms with Crippen molar-refractivity contribution >= 4 is 28.4 Å². The van der Waals surface area contributed by atoms with Crippen molar-refractivity contribution in [3.05, 3.63) is 54.3 Å². The lowest BCUT2D eigenvalue weighted by molar-refractivity contribution is -0.129. The molecule has 0 aliphatic carbocycles. The van der Waals surface area contributed by atoms with Gasteiger partial charge < -0.3 is 4.90 Å². The van der Waals surface area contributed by atoms with Crippen molar-refractivity contribution in [3.63, 3.8) is 0 Å². The van der Waals surface area contributed by atoms with Crippen molar-refractivity contribution < 1.29 is 9.18 Å². The standard InChI is InChI=1S/C24H28FN3OS/c1-16(2)13-28(14-17(3)4)22(29)15-30-24-21-8-6-5-7-20(21)23(26-27-24)18-9-11-19(25)12-10-18/h5-12,16-17H,13-15H2,1-4H3. The highest BCUT2D eigenvalue weighted by atomic mass is 32.2. The molecule has 3 aromatic rings. The Bertz CT molecular complexity index is 995. The van der Waals surface area contributed by atoms with Crippen LogP contribution in [0.1, 0.15) is 27.7 Å². The van der Waals surface area contributed by atoms with Crippen molar-refractivity contribution in [3.8, 4) is 11.3 Å². The maximum absolute atomic E-state index is 13.3. The Kier molecular flexibility index (Phi) is 7.43. The molecule has 3 rings (SSSR count). The summed E-state index contributed by atoms with van der Waals surface area (Å²) >= 11 is 1.42. The second kappa shape index (κ2) is 10.0. The predicted octanol–water partition coefficient (Wildman–Crippen LogP) is 5.67. The first-order valence-electron chi connectivity index (χ1n) is 10.3. The van der Waals surface area contributed by atoms with E-state index in [9.17, 15) is 9.18 Å². The minimum absolute atomic E-state index is 0.121. The highest BCUT2D eigenvalue weighted by Crippen LogP contribution is 2.32. The molecule has 0 saturated carbocycles. The lowest BCUT2D eigenvalue weighted by Gasteiger charge is -2.26. The lowest BCUT2D eigenvalue weighted by Crippen LogP contribution is -2.38. The van der Waals surface area contributed by atoms with Gasteiger partial charge >= 0.3 is 0 Å². The zero-order chi connectivity index (χ0) is 21.7. The Morgan fingerprint density at radius 2 is 1.53 bits per heavy atom. The molecule has 0 aliphatic rings. The maximum Gasteiger partial charge on any atom is 0.233 e. The highest BCUT2D eigenvalue weighted by molar-refractivity contribution is 8.00. The van der Waals surface area contributed by atoms with Crippen molar-refractivity contribution in [2.75, 3.05) is 18.8 Å². The van der Waals surface area contributed by atoms with Crippen molar-refractivity contribution in [2.45, 2.75) is 32.7 Å². The third-order valence-corrected chi connectivity index (χ3v) is 5.59. The van der Waals surface area contributed by atoms with E-state index in [0.717, 1.165) is 34.5 Å². The normalized spacial score (nSPS) is 11.4. The number of benzene rings is 2. The van der Waals surface area contributed by atoms with E-state index in [4.69, 9.17) is 0 Å². The fourth-order valence-corrected chi connectivity index (χ4v) is 4.26. The molecule has 0 radical (unpaired) electrons. The predicted molar refractivity (Wildman–Crippen MR) is 122 cm³/mol.